The first kappa shape index (κ1) is 19.8. The minimum absolute atomic E-state index is 0.459. The third kappa shape index (κ3) is 5.30. The maximum Gasteiger partial charge on any atom is 0.191 e. The number of nitrogens with one attached hydrogen (secondary N) is 2. The van der Waals surface area contributed by atoms with Gasteiger partial charge >= 0.3 is 0 Å². The fraction of sp³-hybridized carbons (Fsp3) is 0.524. The summed E-state index contributed by atoms with van der Waals surface area (Å²) in [6.45, 7) is 10.4. The fourth-order valence-electron chi connectivity index (χ4n) is 3.42. The van der Waals surface area contributed by atoms with E-state index >= 15 is 0 Å². The Kier molecular flexibility index (Phi) is 6.85. The van der Waals surface area contributed by atoms with Crippen LogP contribution in [-0.2, 0) is 19.4 Å². The van der Waals surface area contributed by atoms with E-state index in [0.717, 1.165) is 50.7 Å². The Morgan fingerprint density at radius 2 is 2.04 bits per heavy atom. The number of hydrogen-bond acceptors (Lipinski definition) is 4. The zero-order valence-corrected chi connectivity index (χ0v) is 17.7. The molecule has 1 unspecified atom stereocenters. The molecule has 0 fully saturated rings. The monoisotopic (exact) mass is 385 g/mol. The number of aromatic nitrogens is 1. The summed E-state index contributed by atoms with van der Waals surface area (Å²) in [6.07, 6.45) is 2.07. The van der Waals surface area contributed by atoms with E-state index in [1.54, 1.807) is 11.3 Å². The summed E-state index contributed by atoms with van der Waals surface area (Å²) in [6, 6.07) is 9.25. The zero-order chi connectivity index (χ0) is 19.2. The van der Waals surface area contributed by atoms with Gasteiger partial charge in [0.15, 0.2) is 5.96 Å². The minimum atomic E-state index is 0.459. The van der Waals surface area contributed by atoms with Crippen molar-refractivity contribution in [1.82, 2.24) is 20.5 Å². The molecular formula is C21H31N5S. The molecule has 1 aromatic heterocycles. The fourth-order valence-corrected chi connectivity index (χ4v) is 4.36. The van der Waals surface area contributed by atoms with Crippen LogP contribution in [0.4, 0.5) is 0 Å². The molecule has 3 rings (SSSR count). The molecule has 5 nitrogen and oxygen atoms in total. The number of aliphatic imine (C=N–C) groups is 1. The summed E-state index contributed by atoms with van der Waals surface area (Å²) >= 11 is 1.79. The normalized spacial score (nSPS) is 16.1. The second-order valence-electron chi connectivity index (χ2n) is 7.22. The van der Waals surface area contributed by atoms with E-state index in [0.29, 0.717) is 6.04 Å². The molecular weight excluding hydrogens is 354 g/mol. The highest BCUT2D eigenvalue weighted by Gasteiger charge is 2.20. The Bertz CT molecular complexity index is 763. The highest BCUT2D eigenvalue weighted by atomic mass is 32.1. The molecule has 0 saturated heterocycles. The third-order valence-electron chi connectivity index (χ3n) is 5.28. The summed E-state index contributed by atoms with van der Waals surface area (Å²) in [7, 11) is 1.83. The molecule has 0 bridgehead atoms. The molecule has 0 aliphatic carbocycles. The van der Waals surface area contributed by atoms with Crippen molar-refractivity contribution in [1.29, 1.82) is 0 Å². The summed E-state index contributed by atoms with van der Waals surface area (Å²) in [5, 5.41) is 8.07. The van der Waals surface area contributed by atoms with Crippen LogP contribution < -0.4 is 10.6 Å². The topological polar surface area (TPSA) is 52.6 Å². The number of aryl methyl sites for hydroxylation is 2. The molecule has 146 valence electrons. The van der Waals surface area contributed by atoms with E-state index < -0.39 is 0 Å². The molecule has 1 aliphatic heterocycles. The largest absolute Gasteiger partial charge is 0.356 e. The van der Waals surface area contributed by atoms with Crippen LogP contribution in [0.5, 0.6) is 0 Å². The summed E-state index contributed by atoms with van der Waals surface area (Å²) < 4.78 is 0. The Labute approximate surface area is 166 Å². The number of fused-ring (bicyclic) bond motifs is 1. The Morgan fingerprint density at radius 3 is 2.74 bits per heavy atom. The quantitative estimate of drug-likeness (QED) is 0.593. The lowest BCUT2D eigenvalue weighted by Gasteiger charge is -2.34. The summed E-state index contributed by atoms with van der Waals surface area (Å²) in [5.41, 5.74) is 4.11. The number of nitrogens with zero attached hydrogens (tertiary/aromatic N) is 3. The standard InChI is InChI=1S/C21H31N5S/c1-15(26-12-10-18-7-5-6-8-19(18)14-26)13-24-21(22-4)23-11-9-20-25-16(2)17(3)27-20/h5-8,15H,9-14H2,1-4H3,(H2,22,23,24). The molecule has 1 atom stereocenters. The average molecular weight is 386 g/mol. The van der Waals surface area contributed by atoms with Crippen LogP contribution in [0, 0.1) is 13.8 Å². The van der Waals surface area contributed by atoms with Crippen molar-refractivity contribution in [2.45, 2.75) is 46.2 Å². The maximum atomic E-state index is 4.60. The average Bonchev–Trinajstić information content (AvgIpc) is 3.01. The predicted octanol–water partition coefficient (Wildman–Crippen LogP) is 2.91. The maximum absolute atomic E-state index is 4.60. The highest BCUT2D eigenvalue weighted by Crippen LogP contribution is 2.20. The number of rotatable bonds is 6. The molecule has 1 aliphatic rings. The predicted molar refractivity (Wildman–Crippen MR) is 115 cm³/mol. The van der Waals surface area contributed by atoms with Gasteiger partial charge in [0.05, 0.1) is 10.7 Å². The molecule has 2 aromatic rings. The van der Waals surface area contributed by atoms with Gasteiger partial charge in [0, 0.05) is 50.6 Å². The molecule has 0 amide bonds. The zero-order valence-electron chi connectivity index (χ0n) is 16.9. The first-order chi connectivity index (χ1) is 13.1. The van der Waals surface area contributed by atoms with E-state index in [1.807, 2.05) is 7.05 Å². The number of benzene rings is 1. The van der Waals surface area contributed by atoms with Crippen molar-refractivity contribution >= 4 is 17.3 Å². The van der Waals surface area contributed by atoms with Gasteiger partial charge in [0.1, 0.15) is 0 Å². The number of thiazole rings is 1. The van der Waals surface area contributed by atoms with E-state index in [4.69, 9.17) is 0 Å². The first-order valence-corrected chi connectivity index (χ1v) is 10.6. The van der Waals surface area contributed by atoms with E-state index in [2.05, 4.69) is 70.5 Å². The lowest BCUT2D eigenvalue weighted by Crippen LogP contribution is -2.47. The molecule has 0 spiro atoms. The van der Waals surface area contributed by atoms with Crippen molar-refractivity contribution in [2.75, 3.05) is 26.7 Å². The molecule has 1 aromatic carbocycles. The van der Waals surface area contributed by atoms with Crippen LogP contribution in [0.3, 0.4) is 0 Å². The van der Waals surface area contributed by atoms with E-state index in [1.165, 1.54) is 21.0 Å². The molecule has 2 heterocycles. The van der Waals surface area contributed by atoms with Crippen LogP contribution >= 0.6 is 11.3 Å². The van der Waals surface area contributed by atoms with Crippen molar-refractivity contribution < 1.29 is 0 Å². The second-order valence-corrected chi connectivity index (χ2v) is 8.51. The van der Waals surface area contributed by atoms with Crippen LogP contribution in [0.15, 0.2) is 29.3 Å². The van der Waals surface area contributed by atoms with Crippen LogP contribution in [-0.4, -0.2) is 48.6 Å². The third-order valence-corrected chi connectivity index (χ3v) is 6.41. The van der Waals surface area contributed by atoms with Gasteiger partial charge in [-0.1, -0.05) is 24.3 Å². The van der Waals surface area contributed by atoms with Gasteiger partial charge in [-0.15, -0.1) is 11.3 Å². The Hall–Kier alpha value is -1.92. The molecule has 0 saturated carbocycles. The van der Waals surface area contributed by atoms with Gasteiger partial charge in [0.25, 0.3) is 0 Å². The van der Waals surface area contributed by atoms with Gasteiger partial charge < -0.3 is 10.6 Å². The lowest BCUT2D eigenvalue weighted by atomic mass is 9.99. The molecule has 0 radical (unpaired) electrons. The lowest BCUT2D eigenvalue weighted by molar-refractivity contribution is 0.191. The highest BCUT2D eigenvalue weighted by molar-refractivity contribution is 7.11. The summed E-state index contributed by atoms with van der Waals surface area (Å²) in [5.74, 6) is 0.865. The Balaban J connectivity index is 1.42. The van der Waals surface area contributed by atoms with Crippen molar-refractivity contribution in [3.05, 3.63) is 51.0 Å². The van der Waals surface area contributed by atoms with E-state index in [-0.39, 0.29) is 0 Å². The van der Waals surface area contributed by atoms with Crippen molar-refractivity contribution in [3.8, 4) is 0 Å². The van der Waals surface area contributed by atoms with E-state index in [9.17, 15) is 0 Å². The Morgan fingerprint density at radius 1 is 1.26 bits per heavy atom. The number of hydrogen-bond donors (Lipinski definition) is 2. The van der Waals surface area contributed by atoms with Crippen LogP contribution in [0.25, 0.3) is 0 Å². The minimum Gasteiger partial charge on any atom is -0.356 e. The second kappa shape index (κ2) is 9.33. The molecule has 27 heavy (non-hydrogen) atoms. The van der Waals surface area contributed by atoms with Crippen molar-refractivity contribution in [3.63, 3.8) is 0 Å². The molecule has 2 N–H and O–H groups in total. The van der Waals surface area contributed by atoms with Gasteiger partial charge in [-0.05, 0) is 38.3 Å². The van der Waals surface area contributed by atoms with Gasteiger partial charge in [-0.2, -0.15) is 0 Å². The SMILES string of the molecule is CN=C(NCCc1nc(C)c(C)s1)NCC(C)N1CCc2ccccc2C1. The van der Waals surface area contributed by atoms with Gasteiger partial charge in [-0.25, -0.2) is 4.98 Å². The van der Waals surface area contributed by atoms with Gasteiger partial charge in [-0.3, -0.25) is 9.89 Å². The van der Waals surface area contributed by atoms with Crippen LogP contribution in [0.1, 0.15) is 33.6 Å². The summed E-state index contributed by atoms with van der Waals surface area (Å²) in [4.78, 5) is 12.8. The van der Waals surface area contributed by atoms with Gasteiger partial charge in [0.2, 0.25) is 0 Å². The molecule has 6 heteroatoms. The smallest absolute Gasteiger partial charge is 0.191 e. The first-order valence-electron chi connectivity index (χ1n) is 9.75. The number of guanidine groups is 1. The van der Waals surface area contributed by atoms with Crippen LogP contribution in [0.2, 0.25) is 0 Å². The van der Waals surface area contributed by atoms with Crippen molar-refractivity contribution in [2.24, 2.45) is 4.99 Å².